The van der Waals surface area contributed by atoms with Crippen LogP contribution in [-0.4, -0.2) is 34.7 Å². The minimum absolute atomic E-state index is 0.0101. The average molecular weight is 342 g/mol. The molecule has 6 heteroatoms. The van der Waals surface area contributed by atoms with Crippen molar-refractivity contribution in [1.82, 2.24) is 10.3 Å². The van der Waals surface area contributed by atoms with Crippen LogP contribution in [0.1, 0.15) is 41.0 Å². The van der Waals surface area contributed by atoms with Gasteiger partial charge in [0.25, 0.3) is 0 Å². The molecule has 3 N–H and O–H groups in total. The molecule has 0 aliphatic carbocycles. The van der Waals surface area contributed by atoms with Crippen molar-refractivity contribution in [3.8, 4) is 0 Å². The fourth-order valence-electron chi connectivity index (χ4n) is 2.47. The highest BCUT2D eigenvalue weighted by atomic mass is 35.5. The van der Waals surface area contributed by atoms with E-state index in [9.17, 15) is 9.90 Å². The third-order valence-electron chi connectivity index (χ3n) is 3.86. The Hall–Kier alpha value is -1.17. The Morgan fingerprint density at radius 1 is 1.39 bits per heavy atom. The van der Waals surface area contributed by atoms with Gasteiger partial charge in [-0.25, -0.2) is 4.98 Å². The molecule has 1 rings (SSSR count). The summed E-state index contributed by atoms with van der Waals surface area (Å²) in [6, 6.07) is 3.43. The van der Waals surface area contributed by atoms with Gasteiger partial charge in [-0.15, -0.1) is 0 Å². The van der Waals surface area contributed by atoms with E-state index in [-0.39, 0.29) is 28.4 Å². The summed E-state index contributed by atoms with van der Waals surface area (Å²) in [7, 11) is 0. The monoisotopic (exact) mass is 341 g/mol. The molecular formula is C17H28ClN3O2. The molecule has 0 saturated heterocycles. The summed E-state index contributed by atoms with van der Waals surface area (Å²) >= 11 is 5.92. The van der Waals surface area contributed by atoms with E-state index in [0.29, 0.717) is 18.7 Å². The third-order valence-corrected chi connectivity index (χ3v) is 4.16. The zero-order valence-corrected chi connectivity index (χ0v) is 15.3. The van der Waals surface area contributed by atoms with Crippen molar-refractivity contribution in [2.45, 2.75) is 53.2 Å². The van der Waals surface area contributed by atoms with Gasteiger partial charge in [-0.3, -0.25) is 4.79 Å². The van der Waals surface area contributed by atoms with Gasteiger partial charge in [0.1, 0.15) is 0 Å². The maximum absolute atomic E-state index is 12.1. The molecule has 0 aliphatic heterocycles. The minimum Gasteiger partial charge on any atom is -0.392 e. The molecule has 1 aromatic rings. The predicted molar refractivity (Wildman–Crippen MR) is 94.6 cm³/mol. The number of carbonyl (C=O) groups excluding carboxylic acids is 1. The molecular weight excluding hydrogens is 314 g/mol. The van der Waals surface area contributed by atoms with Gasteiger partial charge in [0.15, 0.2) is 5.15 Å². The molecule has 0 aromatic carbocycles. The molecule has 23 heavy (non-hydrogen) atoms. The molecule has 0 fully saturated rings. The topological polar surface area (TPSA) is 74.2 Å². The molecule has 0 bridgehead atoms. The number of anilines is 1. The zero-order valence-electron chi connectivity index (χ0n) is 14.6. The van der Waals surface area contributed by atoms with Crippen molar-refractivity contribution in [2.75, 3.05) is 11.9 Å². The number of aromatic nitrogens is 1. The van der Waals surface area contributed by atoms with Gasteiger partial charge in [0, 0.05) is 30.6 Å². The number of hydrogen-bond donors (Lipinski definition) is 3. The molecule has 0 saturated carbocycles. The lowest BCUT2D eigenvalue weighted by molar-refractivity contribution is -0.116. The summed E-state index contributed by atoms with van der Waals surface area (Å²) in [5.41, 5.74) is 0.257. The SMILES string of the molecule is CC(CC(=O)Nc1cccnc1Cl)NCC(C)(C)C(O)C(C)C. The number of carbonyl (C=O) groups is 1. The van der Waals surface area contributed by atoms with Crippen LogP contribution in [0.25, 0.3) is 0 Å². The maximum atomic E-state index is 12.1. The zero-order chi connectivity index (χ0) is 17.6. The maximum Gasteiger partial charge on any atom is 0.226 e. The fourth-order valence-corrected chi connectivity index (χ4v) is 2.64. The summed E-state index contributed by atoms with van der Waals surface area (Å²) < 4.78 is 0. The Labute approximate surface area is 143 Å². The van der Waals surface area contributed by atoms with E-state index in [1.807, 2.05) is 34.6 Å². The molecule has 2 atom stereocenters. The van der Waals surface area contributed by atoms with Crippen LogP contribution in [0.2, 0.25) is 5.15 Å². The van der Waals surface area contributed by atoms with E-state index >= 15 is 0 Å². The van der Waals surface area contributed by atoms with Crippen molar-refractivity contribution < 1.29 is 9.90 Å². The highest BCUT2D eigenvalue weighted by Gasteiger charge is 2.30. The third kappa shape index (κ3) is 6.45. The molecule has 5 nitrogen and oxygen atoms in total. The van der Waals surface area contributed by atoms with E-state index in [1.165, 1.54) is 0 Å². The molecule has 1 aromatic heterocycles. The van der Waals surface area contributed by atoms with Crippen LogP contribution in [0.3, 0.4) is 0 Å². The first kappa shape index (κ1) is 19.9. The Morgan fingerprint density at radius 2 is 2.04 bits per heavy atom. The van der Waals surface area contributed by atoms with Crippen LogP contribution >= 0.6 is 11.6 Å². The van der Waals surface area contributed by atoms with Crippen molar-refractivity contribution >= 4 is 23.2 Å². The molecule has 0 aliphatic rings. The average Bonchev–Trinajstić information content (AvgIpc) is 2.46. The number of rotatable bonds is 8. The summed E-state index contributed by atoms with van der Waals surface area (Å²) in [4.78, 5) is 16.0. The molecule has 0 radical (unpaired) electrons. The van der Waals surface area contributed by atoms with Gasteiger partial charge < -0.3 is 15.7 Å². The van der Waals surface area contributed by atoms with Crippen LogP contribution in [0.4, 0.5) is 5.69 Å². The molecule has 1 amide bonds. The first-order valence-electron chi connectivity index (χ1n) is 7.95. The molecule has 1 heterocycles. The van der Waals surface area contributed by atoms with Crippen LogP contribution in [-0.2, 0) is 4.79 Å². The van der Waals surface area contributed by atoms with Gasteiger partial charge in [0.05, 0.1) is 11.8 Å². The van der Waals surface area contributed by atoms with E-state index in [4.69, 9.17) is 11.6 Å². The lowest BCUT2D eigenvalue weighted by Crippen LogP contribution is -2.44. The number of nitrogens with zero attached hydrogens (tertiary/aromatic N) is 1. The molecule has 130 valence electrons. The minimum atomic E-state index is -0.398. The Kier molecular flexibility index (Phi) is 7.45. The normalized spacial score (nSPS) is 14.6. The first-order valence-corrected chi connectivity index (χ1v) is 8.33. The fraction of sp³-hybridized carbons (Fsp3) is 0.647. The Bertz CT molecular complexity index is 520. The molecule has 0 spiro atoms. The lowest BCUT2D eigenvalue weighted by Gasteiger charge is -2.34. The predicted octanol–water partition coefficient (Wildman–Crippen LogP) is 3.08. The summed E-state index contributed by atoms with van der Waals surface area (Å²) in [5, 5.41) is 16.6. The van der Waals surface area contributed by atoms with Crippen LogP contribution in [0, 0.1) is 11.3 Å². The molecule has 2 unspecified atom stereocenters. The number of halogens is 1. The smallest absolute Gasteiger partial charge is 0.226 e. The van der Waals surface area contributed by atoms with Crippen molar-refractivity contribution in [2.24, 2.45) is 11.3 Å². The number of nitrogens with one attached hydrogen (secondary N) is 2. The van der Waals surface area contributed by atoms with E-state index in [1.54, 1.807) is 18.3 Å². The van der Waals surface area contributed by atoms with E-state index in [0.717, 1.165) is 0 Å². The van der Waals surface area contributed by atoms with Crippen molar-refractivity contribution in [3.63, 3.8) is 0 Å². The highest BCUT2D eigenvalue weighted by Crippen LogP contribution is 2.25. The van der Waals surface area contributed by atoms with E-state index < -0.39 is 6.10 Å². The second-order valence-corrected chi connectivity index (χ2v) is 7.41. The lowest BCUT2D eigenvalue weighted by atomic mass is 9.80. The van der Waals surface area contributed by atoms with Crippen molar-refractivity contribution in [3.05, 3.63) is 23.5 Å². The van der Waals surface area contributed by atoms with Crippen LogP contribution in [0.15, 0.2) is 18.3 Å². The van der Waals surface area contributed by atoms with Crippen LogP contribution in [0.5, 0.6) is 0 Å². The Morgan fingerprint density at radius 3 is 2.61 bits per heavy atom. The number of pyridine rings is 1. The number of amides is 1. The summed E-state index contributed by atoms with van der Waals surface area (Å²) in [5.74, 6) is 0.0697. The standard InChI is InChI=1S/C17H28ClN3O2/c1-11(2)15(23)17(4,5)10-20-12(3)9-14(22)21-13-7-6-8-19-16(13)18/h6-8,11-12,15,20,23H,9-10H2,1-5H3,(H,21,22). The van der Waals surface area contributed by atoms with Crippen molar-refractivity contribution in [1.29, 1.82) is 0 Å². The van der Waals surface area contributed by atoms with Gasteiger partial charge in [0.2, 0.25) is 5.91 Å². The highest BCUT2D eigenvalue weighted by molar-refractivity contribution is 6.32. The first-order chi connectivity index (χ1) is 10.6. The number of aliphatic hydroxyl groups excluding tert-OH is 1. The quantitative estimate of drug-likeness (QED) is 0.635. The number of aliphatic hydroxyl groups is 1. The van der Waals surface area contributed by atoms with Gasteiger partial charge in [-0.1, -0.05) is 39.3 Å². The summed E-state index contributed by atoms with van der Waals surface area (Å²) in [6.45, 7) is 10.6. The van der Waals surface area contributed by atoms with E-state index in [2.05, 4.69) is 15.6 Å². The van der Waals surface area contributed by atoms with Gasteiger partial charge >= 0.3 is 0 Å². The van der Waals surface area contributed by atoms with Gasteiger partial charge in [-0.05, 0) is 25.0 Å². The summed E-state index contributed by atoms with van der Waals surface area (Å²) in [6.07, 6.45) is 1.49. The number of hydrogen-bond acceptors (Lipinski definition) is 4. The van der Waals surface area contributed by atoms with Crippen LogP contribution < -0.4 is 10.6 Å². The largest absolute Gasteiger partial charge is 0.392 e. The van der Waals surface area contributed by atoms with Gasteiger partial charge in [-0.2, -0.15) is 0 Å². The Balaban J connectivity index is 2.46. The second-order valence-electron chi connectivity index (χ2n) is 7.05. The second kappa shape index (κ2) is 8.62.